The fourth-order valence-electron chi connectivity index (χ4n) is 2.33. The van der Waals surface area contributed by atoms with Crippen molar-refractivity contribution >= 4 is 5.78 Å². The second-order valence-electron chi connectivity index (χ2n) is 5.40. The summed E-state index contributed by atoms with van der Waals surface area (Å²) in [5.74, 6) is 1.40. The lowest BCUT2D eigenvalue weighted by Gasteiger charge is -2.14. The summed E-state index contributed by atoms with van der Waals surface area (Å²) in [4.78, 5) is 11.7. The molecule has 0 aliphatic heterocycles. The predicted octanol–water partition coefficient (Wildman–Crippen LogP) is 3.40. The Labute approximate surface area is 129 Å². The molecule has 1 atom stereocenters. The smallest absolute Gasteiger partial charge is 0.149 e. The number of ether oxygens (including phenoxy) is 1. The van der Waals surface area contributed by atoms with Gasteiger partial charge in [-0.05, 0) is 36.5 Å². The number of carbonyl (C=O) groups is 1. The van der Waals surface area contributed by atoms with Gasteiger partial charge in [0, 0.05) is 12.5 Å². The molecule has 0 amide bonds. The third kappa shape index (κ3) is 5.50. The first kappa shape index (κ1) is 17.7. The number of aryl methyl sites for hydroxylation is 1. The van der Waals surface area contributed by atoms with E-state index in [1.807, 2.05) is 26.0 Å². The Morgan fingerprint density at radius 1 is 1.24 bits per heavy atom. The van der Waals surface area contributed by atoms with Gasteiger partial charge in [0.25, 0.3) is 0 Å². The first-order chi connectivity index (χ1) is 10.1. The molecule has 0 heterocycles. The van der Waals surface area contributed by atoms with E-state index in [9.17, 15) is 4.79 Å². The van der Waals surface area contributed by atoms with Crippen molar-refractivity contribution in [3.05, 3.63) is 29.3 Å². The standard InChI is InChI=1S/C18H29NO2/c1-5-14(4)17(20)13-19-11-12-21-18-10-8-9-15(6-2)16(18)7-3/h8-10,14,19H,5-7,11-13H2,1-4H3. The molecule has 3 nitrogen and oxygen atoms in total. The molecule has 21 heavy (non-hydrogen) atoms. The van der Waals surface area contributed by atoms with E-state index in [1.54, 1.807) is 0 Å². The van der Waals surface area contributed by atoms with Gasteiger partial charge >= 0.3 is 0 Å². The summed E-state index contributed by atoms with van der Waals surface area (Å²) in [6.07, 6.45) is 2.92. The molecular weight excluding hydrogens is 262 g/mol. The largest absolute Gasteiger partial charge is 0.492 e. The molecule has 0 radical (unpaired) electrons. The van der Waals surface area contributed by atoms with Gasteiger partial charge in [0.1, 0.15) is 18.1 Å². The summed E-state index contributed by atoms with van der Waals surface area (Å²) in [7, 11) is 0. The quantitative estimate of drug-likeness (QED) is 0.672. The average Bonchev–Trinajstić information content (AvgIpc) is 2.52. The van der Waals surface area contributed by atoms with Crippen molar-refractivity contribution in [2.24, 2.45) is 5.92 Å². The third-order valence-electron chi connectivity index (χ3n) is 3.96. The normalized spacial score (nSPS) is 12.2. The lowest BCUT2D eigenvalue weighted by molar-refractivity contribution is -0.121. The molecule has 0 aromatic heterocycles. The van der Waals surface area contributed by atoms with E-state index in [0.29, 0.717) is 19.7 Å². The van der Waals surface area contributed by atoms with Crippen LogP contribution in [0.3, 0.4) is 0 Å². The van der Waals surface area contributed by atoms with Gasteiger partial charge in [-0.2, -0.15) is 0 Å². The van der Waals surface area contributed by atoms with Crippen LogP contribution in [0, 0.1) is 5.92 Å². The first-order valence-electron chi connectivity index (χ1n) is 8.10. The highest BCUT2D eigenvalue weighted by molar-refractivity contribution is 5.82. The molecule has 0 saturated heterocycles. The van der Waals surface area contributed by atoms with E-state index in [2.05, 4.69) is 25.2 Å². The molecule has 1 rings (SSSR count). The second kappa shape index (κ2) is 9.56. The van der Waals surface area contributed by atoms with Crippen LogP contribution in [-0.2, 0) is 17.6 Å². The Kier molecular flexibility index (Phi) is 8.06. The molecule has 0 spiro atoms. The molecule has 0 aliphatic rings. The van der Waals surface area contributed by atoms with Crippen LogP contribution in [0.15, 0.2) is 18.2 Å². The van der Waals surface area contributed by atoms with Crippen molar-refractivity contribution in [2.75, 3.05) is 19.7 Å². The van der Waals surface area contributed by atoms with E-state index in [-0.39, 0.29) is 11.7 Å². The van der Waals surface area contributed by atoms with E-state index in [1.165, 1.54) is 11.1 Å². The van der Waals surface area contributed by atoms with E-state index >= 15 is 0 Å². The molecule has 0 fully saturated rings. The number of rotatable bonds is 10. The molecule has 1 aromatic rings. The zero-order valence-corrected chi connectivity index (χ0v) is 13.9. The average molecular weight is 291 g/mol. The van der Waals surface area contributed by atoms with Crippen LogP contribution in [0.25, 0.3) is 0 Å². The summed E-state index contributed by atoms with van der Waals surface area (Å²) < 4.78 is 5.87. The van der Waals surface area contributed by atoms with Gasteiger partial charge in [0.05, 0.1) is 6.54 Å². The van der Waals surface area contributed by atoms with Gasteiger partial charge in [-0.1, -0.05) is 39.8 Å². The molecule has 1 N–H and O–H groups in total. The van der Waals surface area contributed by atoms with Gasteiger partial charge in [-0.25, -0.2) is 0 Å². The number of carbonyl (C=O) groups excluding carboxylic acids is 1. The van der Waals surface area contributed by atoms with Crippen molar-refractivity contribution in [3.63, 3.8) is 0 Å². The number of hydrogen-bond donors (Lipinski definition) is 1. The minimum atomic E-state index is 0.145. The van der Waals surface area contributed by atoms with Crippen LogP contribution >= 0.6 is 0 Å². The summed E-state index contributed by atoms with van der Waals surface area (Å²) >= 11 is 0. The van der Waals surface area contributed by atoms with Crippen LogP contribution in [0.4, 0.5) is 0 Å². The number of nitrogens with one attached hydrogen (secondary N) is 1. The van der Waals surface area contributed by atoms with E-state index in [0.717, 1.165) is 25.0 Å². The first-order valence-corrected chi connectivity index (χ1v) is 8.10. The third-order valence-corrected chi connectivity index (χ3v) is 3.96. The van der Waals surface area contributed by atoms with E-state index in [4.69, 9.17) is 4.74 Å². The SMILES string of the molecule is CCc1cccc(OCCNCC(=O)C(C)CC)c1CC. The Hall–Kier alpha value is -1.35. The number of ketones is 1. The fourth-order valence-corrected chi connectivity index (χ4v) is 2.33. The molecule has 1 unspecified atom stereocenters. The fraction of sp³-hybridized carbons (Fsp3) is 0.611. The van der Waals surface area contributed by atoms with Gasteiger partial charge in [-0.3, -0.25) is 4.79 Å². The summed E-state index contributed by atoms with van der Waals surface area (Å²) in [5, 5.41) is 3.16. The monoisotopic (exact) mass is 291 g/mol. The topological polar surface area (TPSA) is 38.3 Å². The van der Waals surface area contributed by atoms with Crippen LogP contribution in [-0.4, -0.2) is 25.5 Å². The maximum Gasteiger partial charge on any atom is 0.149 e. The van der Waals surface area contributed by atoms with Gasteiger partial charge in [0.15, 0.2) is 0 Å². The lowest BCUT2D eigenvalue weighted by atomic mass is 10.0. The Morgan fingerprint density at radius 3 is 2.62 bits per heavy atom. The number of benzene rings is 1. The predicted molar refractivity (Wildman–Crippen MR) is 88.0 cm³/mol. The molecule has 118 valence electrons. The van der Waals surface area contributed by atoms with Gasteiger partial charge in [0.2, 0.25) is 0 Å². The van der Waals surface area contributed by atoms with Crippen LogP contribution in [0.2, 0.25) is 0 Å². The van der Waals surface area contributed by atoms with Crippen LogP contribution < -0.4 is 10.1 Å². The van der Waals surface area contributed by atoms with E-state index < -0.39 is 0 Å². The van der Waals surface area contributed by atoms with Crippen molar-refractivity contribution in [2.45, 2.75) is 47.0 Å². The maximum atomic E-state index is 11.7. The van der Waals surface area contributed by atoms with Crippen LogP contribution in [0.5, 0.6) is 5.75 Å². The van der Waals surface area contributed by atoms with Crippen LogP contribution in [0.1, 0.15) is 45.2 Å². The number of hydrogen-bond acceptors (Lipinski definition) is 3. The zero-order chi connectivity index (χ0) is 15.7. The van der Waals surface area contributed by atoms with Crippen molar-refractivity contribution in [3.8, 4) is 5.75 Å². The van der Waals surface area contributed by atoms with Crippen molar-refractivity contribution < 1.29 is 9.53 Å². The maximum absolute atomic E-state index is 11.7. The Balaban J connectivity index is 2.38. The molecule has 1 aromatic carbocycles. The van der Waals surface area contributed by atoms with Crippen molar-refractivity contribution in [1.82, 2.24) is 5.32 Å². The minimum Gasteiger partial charge on any atom is -0.492 e. The Morgan fingerprint density at radius 2 is 2.00 bits per heavy atom. The highest BCUT2D eigenvalue weighted by Crippen LogP contribution is 2.23. The molecular formula is C18H29NO2. The summed E-state index contributed by atoms with van der Waals surface area (Å²) in [5.41, 5.74) is 2.66. The van der Waals surface area contributed by atoms with Gasteiger partial charge in [-0.15, -0.1) is 0 Å². The highest BCUT2D eigenvalue weighted by atomic mass is 16.5. The highest BCUT2D eigenvalue weighted by Gasteiger charge is 2.10. The Bertz CT molecular complexity index is 443. The zero-order valence-electron chi connectivity index (χ0n) is 13.9. The molecule has 3 heteroatoms. The number of Topliss-reactive ketones (excluding diaryl/α,β-unsaturated/α-hetero) is 1. The molecule has 0 saturated carbocycles. The second-order valence-corrected chi connectivity index (χ2v) is 5.40. The minimum absolute atomic E-state index is 0.145. The molecule has 0 aliphatic carbocycles. The van der Waals surface area contributed by atoms with Gasteiger partial charge < -0.3 is 10.1 Å². The lowest BCUT2D eigenvalue weighted by Crippen LogP contribution is -2.30. The summed E-state index contributed by atoms with van der Waals surface area (Å²) in [6.45, 7) is 10.1. The van der Waals surface area contributed by atoms with Crippen molar-refractivity contribution in [1.29, 1.82) is 0 Å². The summed E-state index contributed by atoms with van der Waals surface area (Å²) in [6, 6.07) is 6.24. The molecule has 0 bridgehead atoms.